The first-order valence-corrected chi connectivity index (χ1v) is 23.1. The van der Waals surface area contributed by atoms with Gasteiger partial charge in [0, 0.05) is 18.2 Å². The molecule has 1 heterocycles. The minimum atomic E-state index is -0.979. The Morgan fingerprint density at radius 3 is 1.35 bits per heavy atom. The Labute approximate surface area is 387 Å². The summed E-state index contributed by atoms with van der Waals surface area (Å²) in [7, 11) is 0. The van der Waals surface area contributed by atoms with Gasteiger partial charge in [0.15, 0.2) is 35.8 Å². The van der Waals surface area contributed by atoms with Gasteiger partial charge in [-0.15, -0.1) is 0 Å². The number of aromatic hydroxyl groups is 3. The monoisotopic (exact) mass is 911 g/mol. The third kappa shape index (κ3) is 12.2. The van der Waals surface area contributed by atoms with Crippen molar-refractivity contribution in [2.24, 2.45) is 35.0 Å². The van der Waals surface area contributed by atoms with Crippen LogP contribution in [0, 0.1) is 35.0 Å². The van der Waals surface area contributed by atoms with Crippen LogP contribution >= 0.6 is 0 Å². The van der Waals surface area contributed by atoms with Crippen molar-refractivity contribution in [3.8, 4) is 68.7 Å². The molecule has 6 rings (SSSR count). The number of benzene rings is 3. The molecule has 0 bridgehead atoms. The predicted octanol–water partition coefficient (Wildman–Crippen LogP) is 9.48. The fourth-order valence-corrected chi connectivity index (χ4v) is 9.52. The molecule has 4 aromatic rings. The maximum atomic E-state index is 13.3. The Bertz CT molecular complexity index is 2260. The number of ether oxygens (including phenoxy) is 6. The lowest BCUT2D eigenvalue weighted by atomic mass is 9.78. The van der Waals surface area contributed by atoms with Gasteiger partial charge in [-0.3, -0.25) is 0 Å². The van der Waals surface area contributed by atoms with Crippen LogP contribution in [0.25, 0.3) is 34.2 Å². The SMILES string of the molecule is CCOC(=O)C(C)Oc1ccc(-c2nc(-c3ccc(OC(C)C(=O)OCC)cc3O)nc(-c3ccc(OC(C)C(=O)OCC(C)(C)CC4CC(CC(C)C)C5CCCC45)cc3O)n2)c(O)c1. The number of phenolic OH excluding ortho intramolecular Hbond substituents is 3. The van der Waals surface area contributed by atoms with Crippen LogP contribution in [0.3, 0.4) is 0 Å². The zero-order valence-corrected chi connectivity index (χ0v) is 39.5. The van der Waals surface area contributed by atoms with E-state index in [0.29, 0.717) is 11.8 Å². The Balaban J connectivity index is 1.21. The molecule has 3 aromatic carbocycles. The van der Waals surface area contributed by atoms with Gasteiger partial charge in [-0.1, -0.05) is 34.1 Å². The number of carbonyl (C=O) groups excluding carboxylic acids is 3. The van der Waals surface area contributed by atoms with E-state index in [1.165, 1.54) is 94.5 Å². The van der Waals surface area contributed by atoms with Gasteiger partial charge in [0.1, 0.15) is 34.5 Å². The van der Waals surface area contributed by atoms with E-state index in [4.69, 9.17) is 28.4 Å². The number of phenols is 3. The van der Waals surface area contributed by atoms with Gasteiger partial charge in [-0.25, -0.2) is 29.3 Å². The van der Waals surface area contributed by atoms with Gasteiger partial charge in [0.05, 0.1) is 36.5 Å². The topological polar surface area (TPSA) is 206 Å². The molecular formula is C51H65N3O12. The molecule has 2 fully saturated rings. The van der Waals surface area contributed by atoms with E-state index in [0.717, 1.165) is 24.2 Å². The second-order valence-electron chi connectivity index (χ2n) is 18.7. The van der Waals surface area contributed by atoms with Crippen LogP contribution in [0.1, 0.15) is 101 Å². The molecule has 0 spiro atoms. The Kier molecular flexibility index (Phi) is 16.0. The van der Waals surface area contributed by atoms with Crippen LogP contribution in [-0.4, -0.2) is 86.3 Å². The lowest BCUT2D eigenvalue weighted by Gasteiger charge is -2.30. The Hall–Kier alpha value is -6.12. The van der Waals surface area contributed by atoms with Crippen LogP contribution in [-0.2, 0) is 28.6 Å². The highest BCUT2D eigenvalue weighted by molar-refractivity contribution is 5.77. The van der Waals surface area contributed by atoms with E-state index >= 15 is 0 Å². The highest BCUT2D eigenvalue weighted by Gasteiger charge is 2.46. The van der Waals surface area contributed by atoms with Gasteiger partial charge in [0.25, 0.3) is 0 Å². The van der Waals surface area contributed by atoms with Gasteiger partial charge in [0.2, 0.25) is 0 Å². The van der Waals surface area contributed by atoms with Gasteiger partial charge in [-0.05, 0) is 138 Å². The molecule has 3 N–H and O–H groups in total. The van der Waals surface area contributed by atoms with E-state index in [1.54, 1.807) is 26.8 Å². The second-order valence-corrected chi connectivity index (χ2v) is 18.7. The molecule has 2 aliphatic carbocycles. The summed E-state index contributed by atoms with van der Waals surface area (Å²) in [6, 6.07) is 13.0. The van der Waals surface area contributed by atoms with Crippen molar-refractivity contribution in [1.29, 1.82) is 0 Å². The smallest absolute Gasteiger partial charge is 0.347 e. The summed E-state index contributed by atoms with van der Waals surface area (Å²) >= 11 is 0. The highest BCUT2D eigenvalue weighted by Crippen LogP contribution is 2.55. The molecule has 0 amide bonds. The fraction of sp³-hybridized carbons (Fsp3) is 0.529. The zero-order valence-electron chi connectivity index (χ0n) is 39.5. The molecule has 0 saturated heterocycles. The first-order valence-electron chi connectivity index (χ1n) is 23.1. The molecule has 2 saturated carbocycles. The Morgan fingerprint density at radius 2 is 0.985 bits per heavy atom. The van der Waals surface area contributed by atoms with E-state index in [2.05, 4.69) is 42.6 Å². The van der Waals surface area contributed by atoms with Crippen molar-refractivity contribution in [1.82, 2.24) is 15.0 Å². The number of carbonyl (C=O) groups is 3. The molecule has 66 heavy (non-hydrogen) atoms. The van der Waals surface area contributed by atoms with Crippen LogP contribution in [0.2, 0.25) is 0 Å². The van der Waals surface area contributed by atoms with Crippen molar-refractivity contribution in [3.05, 3.63) is 54.6 Å². The third-order valence-corrected chi connectivity index (χ3v) is 12.4. The maximum Gasteiger partial charge on any atom is 0.347 e. The molecular weight excluding hydrogens is 847 g/mol. The minimum Gasteiger partial charge on any atom is -0.507 e. The molecule has 1 aromatic heterocycles. The number of rotatable bonds is 20. The second kappa shape index (κ2) is 21.5. The lowest BCUT2D eigenvalue weighted by Crippen LogP contribution is -2.31. The fourth-order valence-electron chi connectivity index (χ4n) is 9.52. The highest BCUT2D eigenvalue weighted by atomic mass is 16.6. The number of fused-ring (bicyclic) bond motifs is 1. The molecule has 2 aliphatic rings. The summed E-state index contributed by atoms with van der Waals surface area (Å²) in [6.45, 7) is 17.6. The predicted molar refractivity (Wildman–Crippen MR) is 246 cm³/mol. The van der Waals surface area contributed by atoms with Crippen LogP contribution in [0.4, 0.5) is 0 Å². The van der Waals surface area contributed by atoms with Crippen molar-refractivity contribution >= 4 is 17.9 Å². The first kappa shape index (κ1) is 49.3. The molecule has 7 atom stereocenters. The average molecular weight is 912 g/mol. The summed E-state index contributed by atoms with van der Waals surface area (Å²) in [5, 5.41) is 33.8. The standard InChI is InChI=1S/C51H65N3O12/c1-10-61-48(58)29(5)64-34-15-18-39(42(55)23-34)45-52-46(40-19-16-35(24-43(40)56)65-30(6)49(59)62-11-2)54-47(53-45)41-20-17-36(25-44(41)57)66-31(7)50(60)63-27-51(8,9)26-33-22-32(21-28(3)4)37-13-12-14-38(33)37/h15-20,23-25,28-33,37-38,55-57H,10-14,21-22,26-27H2,1-9H3. The quantitative estimate of drug-likeness (QED) is 0.0558. The average Bonchev–Trinajstić information content (AvgIpc) is 3.86. The maximum absolute atomic E-state index is 13.3. The number of nitrogens with zero attached hydrogens (tertiary/aromatic N) is 3. The summed E-state index contributed by atoms with van der Waals surface area (Å²) in [6.07, 6.45) is 4.60. The summed E-state index contributed by atoms with van der Waals surface area (Å²) < 4.78 is 33.2. The largest absolute Gasteiger partial charge is 0.507 e. The van der Waals surface area contributed by atoms with E-state index in [1.807, 2.05) is 0 Å². The molecule has 7 unspecified atom stereocenters. The zero-order chi connectivity index (χ0) is 47.9. The van der Waals surface area contributed by atoms with E-state index in [-0.39, 0.29) is 93.9 Å². The Morgan fingerprint density at radius 1 is 0.606 bits per heavy atom. The number of hydrogen-bond acceptors (Lipinski definition) is 15. The molecule has 0 aliphatic heterocycles. The lowest BCUT2D eigenvalue weighted by molar-refractivity contribution is -0.154. The minimum absolute atomic E-state index is 0.0400. The number of hydrogen-bond donors (Lipinski definition) is 3. The molecule has 15 heteroatoms. The summed E-state index contributed by atoms with van der Waals surface area (Å²) in [5.74, 6) is 1.55. The van der Waals surface area contributed by atoms with E-state index < -0.39 is 36.2 Å². The van der Waals surface area contributed by atoms with Crippen molar-refractivity contribution in [2.75, 3.05) is 19.8 Å². The molecule has 15 nitrogen and oxygen atoms in total. The molecule has 356 valence electrons. The van der Waals surface area contributed by atoms with Gasteiger partial charge < -0.3 is 43.7 Å². The van der Waals surface area contributed by atoms with E-state index in [9.17, 15) is 29.7 Å². The van der Waals surface area contributed by atoms with Crippen LogP contribution in [0.15, 0.2) is 54.6 Å². The van der Waals surface area contributed by atoms with Gasteiger partial charge in [-0.2, -0.15) is 0 Å². The summed E-state index contributed by atoms with van der Waals surface area (Å²) in [5.41, 5.74) is 0.207. The van der Waals surface area contributed by atoms with Gasteiger partial charge >= 0.3 is 17.9 Å². The number of aromatic nitrogens is 3. The molecule has 0 radical (unpaired) electrons. The van der Waals surface area contributed by atoms with Crippen LogP contribution < -0.4 is 14.2 Å². The van der Waals surface area contributed by atoms with Crippen LogP contribution in [0.5, 0.6) is 34.5 Å². The summed E-state index contributed by atoms with van der Waals surface area (Å²) in [4.78, 5) is 51.4. The van der Waals surface area contributed by atoms with Crippen molar-refractivity contribution in [2.45, 2.75) is 119 Å². The van der Waals surface area contributed by atoms with Crippen molar-refractivity contribution in [3.63, 3.8) is 0 Å². The first-order chi connectivity index (χ1) is 31.4. The number of esters is 3. The van der Waals surface area contributed by atoms with Crippen molar-refractivity contribution < 1.29 is 58.1 Å². The normalized spacial score (nSPS) is 19.4. The third-order valence-electron chi connectivity index (χ3n) is 12.4.